The molecule has 0 saturated heterocycles. The molecule has 0 aliphatic heterocycles. The molecule has 0 aliphatic rings. The quantitative estimate of drug-likeness (QED) is 0.744. The lowest BCUT2D eigenvalue weighted by Gasteiger charge is -2.25. The van der Waals surface area contributed by atoms with E-state index in [1.54, 1.807) is 4.90 Å². The molecule has 0 radical (unpaired) electrons. The minimum absolute atomic E-state index is 0.0304. The van der Waals surface area contributed by atoms with Crippen LogP contribution in [0.15, 0.2) is 0 Å². The van der Waals surface area contributed by atoms with Crippen molar-refractivity contribution < 1.29 is 5.11 Å². The number of aromatic nitrogens is 3. The maximum Gasteiger partial charge on any atom is 0.232 e. The van der Waals surface area contributed by atoms with E-state index >= 15 is 0 Å². The largest absolute Gasteiger partial charge is 0.394 e. The highest BCUT2D eigenvalue weighted by atomic mass is 16.3. The molecule has 0 aromatic carbocycles. The van der Waals surface area contributed by atoms with Gasteiger partial charge in [0.25, 0.3) is 0 Å². The first kappa shape index (κ1) is 14.4. The molecule has 102 valence electrons. The Bertz CT molecular complexity index is 382. The lowest BCUT2D eigenvalue weighted by atomic mass is 10.3. The minimum atomic E-state index is -0.0728. The summed E-state index contributed by atoms with van der Waals surface area (Å²) < 4.78 is 0. The van der Waals surface area contributed by atoms with Gasteiger partial charge in [-0.25, -0.2) is 0 Å². The number of rotatable bonds is 6. The topological polar surface area (TPSA) is 91.4 Å². The van der Waals surface area contributed by atoms with Gasteiger partial charge in [0, 0.05) is 20.1 Å². The van der Waals surface area contributed by atoms with Crippen molar-refractivity contribution in [1.29, 1.82) is 0 Å². The number of hydrogen-bond donors (Lipinski definition) is 2. The standard InChI is InChI=1S/C11H22N6O/c1-5-17(6-2)11-14-9(12)13-10(15-11)16(4)8(3)7-18/h8,18H,5-7H2,1-4H3,(H2,12,13,14,15). The Morgan fingerprint density at radius 1 is 1.17 bits per heavy atom. The van der Waals surface area contributed by atoms with Gasteiger partial charge in [-0.05, 0) is 20.8 Å². The van der Waals surface area contributed by atoms with E-state index in [-0.39, 0.29) is 18.6 Å². The van der Waals surface area contributed by atoms with Gasteiger partial charge < -0.3 is 20.6 Å². The average Bonchev–Trinajstić information content (AvgIpc) is 2.37. The Balaban J connectivity index is 3.07. The molecular formula is C11H22N6O. The van der Waals surface area contributed by atoms with E-state index in [1.165, 1.54) is 0 Å². The number of nitrogens with zero attached hydrogens (tertiary/aromatic N) is 5. The van der Waals surface area contributed by atoms with Crippen LogP contribution in [0.2, 0.25) is 0 Å². The first-order chi connectivity index (χ1) is 8.53. The Morgan fingerprint density at radius 2 is 1.72 bits per heavy atom. The van der Waals surface area contributed by atoms with Crippen molar-refractivity contribution in [2.24, 2.45) is 0 Å². The highest BCUT2D eigenvalue weighted by molar-refractivity contribution is 5.43. The first-order valence-electron chi connectivity index (χ1n) is 6.13. The normalized spacial score (nSPS) is 12.3. The summed E-state index contributed by atoms with van der Waals surface area (Å²) in [7, 11) is 1.82. The van der Waals surface area contributed by atoms with Crippen molar-refractivity contribution >= 4 is 17.8 Å². The summed E-state index contributed by atoms with van der Waals surface area (Å²) in [6, 6.07) is -0.0728. The van der Waals surface area contributed by atoms with Gasteiger partial charge in [-0.3, -0.25) is 0 Å². The fourth-order valence-electron chi connectivity index (χ4n) is 1.49. The second-order valence-electron chi connectivity index (χ2n) is 4.11. The minimum Gasteiger partial charge on any atom is -0.394 e. The SMILES string of the molecule is CCN(CC)c1nc(N)nc(N(C)C(C)CO)n1. The molecule has 1 atom stereocenters. The molecule has 1 aromatic heterocycles. The third-order valence-electron chi connectivity index (χ3n) is 2.92. The van der Waals surface area contributed by atoms with Crippen molar-refractivity contribution in [3.63, 3.8) is 0 Å². The Kier molecular flexibility index (Phi) is 5.08. The van der Waals surface area contributed by atoms with Gasteiger partial charge in [0.1, 0.15) is 0 Å². The molecule has 0 saturated carbocycles. The van der Waals surface area contributed by atoms with Crippen LogP contribution in [0.4, 0.5) is 17.8 Å². The van der Waals surface area contributed by atoms with Crippen LogP contribution in [0.25, 0.3) is 0 Å². The molecule has 0 bridgehead atoms. The van der Waals surface area contributed by atoms with Gasteiger partial charge in [-0.1, -0.05) is 0 Å². The van der Waals surface area contributed by atoms with E-state index in [1.807, 2.05) is 32.7 Å². The zero-order valence-corrected chi connectivity index (χ0v) is 11.5. The maximum absolute atomic E-state index is 9.15. The summed E-state index contributed by atoms with van der Waals surface area (Å²) in [5, 5.41) is 9.15. The second-order valence-corrected chi connectivity index (χ2v) is 4.11. The predicted molar refractivity (Wildman–Crippen MR) is 72.8 cm³/mol. The lowest BCUT2D eigenvalue weighted by molar-refractivity contribution is 0.269. The van der Waals surface area contributed by atoms with Crippen LogP contribution in [0.5, 0.6) is 0 Å². The molecule has 0 spiro atoms. The van der Waals surface area contributed by atoms with Crippen LogP contribution in [0, 0.1) is 0 Å². The van der Waals surface area contributed by atoms with Crippen LogP contribution in [-0.4, -0.2) is 52.8 Å². The molecule has 1 rings (SSSR count). The van der Waals surface area contributed by atoms with Gasteiger partial charge in [0.15, 0.2) is 0 Å². The van der Waals surface area contributed by atoms with Crippen molar-refractivity contribution in [2.45, 2.75) is 26.8 Å². The molecule has 18 heavy (non-hydrogen) atoms. The number of aliphatic hydroxyl groups excluding tert-OH is 1. The third-order valence-corrected chi connectivity index (χ3v) is 2.92. The van der Waals surface area contributed by atoms with Crippen LogP contribution in [0.1, 0.15) is 20.8 Å². The number of aliphatic hydroxyl groups is 1. The van der Waals surface area contributed by atoms with Crippen LogP contribution >= 0.6 is 0 Å². The summed E-state index contributed by atoms with van der Waals surface area (Å²) in [6.45, 7) is 7.59. The third kappa shape index (κ3) is 3.19. The zero-order chi connectivity index (χ0) is 13.7. The van der Waals surface area contributed by atoms with Crippen LogP contribution in [-0.2, 0) is 0 Å². The molecule has 1 aromatic rings. The summed E-state index contributed by atoms with van der Waals surface area (Å²) in [6.07, 6.45) is 0. The lowest BCUT2D eigenvalue weighted by Crippen LogP contribution is -2.34. The summed E-state index contributed by atoms with van der Waals surface area (Å²) in [4.78, 5) is 16.4. The van der Waals surface area contributed by atoms with E-state index in [0.717, 1.165) is 13.1 Å². The van der Waals surface area contributed by atoms with Gasteiger partial charge in [0.2, 0.25) is 17.8 Å². The molecule has 3 N–H and O–H groups in total. The monoisotopic (exact) mass is 254 g/mol. The number of likely N-dealkylation sites (N-methyl/N-ethyl adjacent to an activating group) is 1. The Labute approximate surface area is 108 Å². The second kappa shape index (κ2) is 6.34. The average molecular weight is 254 g/mol. The van der Waals surface area contributed by atoms with E-state index in [9.17, 15) is 0 Å². The zero-order valence-electron chi connectivity index (χ0n) is 11.5. The van der Waals surface area contributed by atoms with E-state index in [2.05, 4.69) is 15.0 Å². The molecule has 1 heterocycles. The van der Waals surface area contributed by atoms with Gasteiger partial charge >= 0.3 is 0 Å². The van der Waals surface area contributed by atoms with E-state index < -0.39 is 0 Å². The molecule has 0 amide bonds. The van der Waals surface area contributed by atoms with Gasteiger partial charge in [-0.2, -0.15) is 15.0 Å². The molecule has 7 heteroatoms. The van der Waals surface area contributed by atoms with Crippen molar-refractivity contribution in [3.8, 4) is 0 Å². The van der Waals surface area contributed by atoms with E-state index in [4.69, 9.17) is 10.8 Å². The maximum atomic E-state index is 9.15. The number of anilines is 3. The fourth-order valence-corrected chi connectivity index (χ4v) is 1.49. The fraction of sp³-hybridized carbons (Fsp3) is 0.727. The van der Waals surface area contributed by atoms with Crippen molar-refractivity contribution in [1.82, 2.24) is 15.0 Å². The van der Waals surface area contributed by atoms with Crippen LogP contribution in [0.3, 0.4) is 0 Å². The summed E-state index contributed by atoms with van der Waals surface area (Å²) in [5.41, 5.74) is 5.71. The van der Waals surface area contributed by atoms with Gasteiger partial charge in [-0.15, -0.1) is 0 Å². The van der Waals surface area contributed by atoms with Gasteiger partial charge in [0.05, 0.1) is 12.6 Å². The molecule has 0 aliphatic carbocycles. The summed E-state index contributed by atoms with van der Waals surface area (Å²) >= 11 is 0. The van der Waals surface area contributed by atoms with E-state index in [0.29, 0.717) is 11.9 Å². The number of nitrogen functional groups attached to an aromatic ring is 1. The highest BCUT2D eigenvalue weighted by Gasteiger charge is 2.15. The Morgan fingerprint density at radius 3 is 2.22 bits per heavy atom. The molecule has 0 fully saturated rings. The summed E-state index contributed by atoms with van der Waals surface area (Å²) in [5.74, 6) is 1.24. The molecule has 7 nitrogen and oxygen atoms in total. The Hall–Kier alpha value is -1.63. The van der Waals surface area contributed by atoms with Crippen molar-refractivity contribution in [2.75, 3.05) is 42.3 Å². The number of nitrogens with two attached hydrogens (primary N) is 1. The smallest absolute Gasteiger partial charge is 0.232 e. The predicted octanol–water partition coefficient (Wildman–Crippen LogP) is 0.117. The highest BCUT2D eigenvalue weighted by Crippen LogP contribution is 2.15. The molecule has 1 unspecified atom stereocenters. The molecular weight excluding hydrogens is 232 g/mol. The van der Waals surface area contributed by atoms with Crippen LogP contribution < -0.4 is 15.5 Å². The van der Waals surface area contributed by atoms with Crippen molar-refractivity contribution in [3.05, 3.63) is 0 Å². The first-order valence-corrected chi connectivity index (χ1v) is 6.13. The number of hydrogen-bond acceptors (Lipinski definition) is 7.